The van der Waals surface area contributed by atoms with E-state index in [1.54, 1.807) is 30.3 Å². The Bertz CT molecular complexity index is 1110. The van der Waals surface area contributed by atoms with Crippen LogP contribution in [0.25, 0.3) is 0 Å². The average molecular weight is 407 g/mol. The summed E-state index contributed by atoms with van der Waals surface area (Å²) in [6.07, 6.45) is 0. The van der Waals surface area contributed by atoms with Crippen molar-refractivity contribution in [3.8, 4) is 17.2 Å². The van der Waals surface area contributed by atoms with Gasteiger partial charge in [0.25, 0.3) is 5.91 Å². The molecule has 7 heteroatoms. The highest BCUT2D eigenvalue weighted by atomic mass is 19.1. The number of amides is 1. The van der Waals surface area contributed by atoms with Gasteiger partial charge in [0.15, 0.2) is 17.3 Å². The molecule has 3 aromatic rings. The predicted octanol–water partition coefficient (Wildman–Crippen LogP) is 4.09. The molecule has 0 bridgehead atoms. The van der Waals surface area contributed by atoms with Crippen LogP contribution in [0.1, 0.15) is 26.3 Å². The van der Waals surface area contributed by atoms with Gasteiger partial charge >= 0.3 is 0 Å². The summed E-state index contributed by atoms with van der Waals surface area (Å²) in [7, 11) is 1.54. The van der Waals surface area contributed by atoms with Gasteiger partial charge in [-0.25, -0.2) is 4.39 Å². The normalized spacial score (nSPS) is 12.2. The van der Waals surface area contributed by atoms with Crippen molar-refractivity contribution in [1.82, 2.24) is 0 Å². The molecule has 0 aliphatic carbocycles. The van der Waals surface area contributed by atoms with Gasteiger partial charge in [-0.3, -0.25) is 9.59 Å². The van der Waals surface area contributed by atoms with E-state index in [1.807, 2.05) is 0 Å². The minimum atomic E-state index is -0.526. The molecule has 6 nitrogen and oxygen atoms in total. The standard InChI is InChI=1S/C23H18FNO5/c1-28-17-7-5-14(6-8-17)23(27)25-19-13-21-20(29-9-10-30-21)12-18(19)22(26)15-3-2-4-16(24)11-15/h2-8,11-13H,9-10H2,1H3,(H,25,27). The zero-order chi connectivity index (χ0) is 21.1. The smallest absolute Gasteiger partial charge is 0.255 e. The number of anilines is 1. The molecule has 1 amide bonds. The van der Waals surface area contributed by atoms with Crippen LogP contribution in [0.4, 0.5) is 10.1 Å². The molecule has 3 aromatic carbocycles. The zero-order valence-electron chi connectivity index (χ0n) is 16.1. The molecular formula is C23H18FNO5. The van der Waals surface area contributed by atoms with Crippen LogP contribution in [-0.2, 0) is 0 Å². The van der Waals surface area contributed by atoms with Crippen LogP contribution in [0.5, 0.6) is 17.2 Å². The fourth-order valence-electron chi connectivity index (χ4n) is 3.10. The number of hydrogen-bond donors (Lipinski definition) is 1. The number of hydrogen-bond acceptors (Lipinski definition) is 5. The Kier molecular flexibility index (Phi) is 5.34. The van der Waals surface area contributed by atoms with Gasteiger partial charge in [0.05, 0.1) is 18.4 Å². The molecule has 1 heterocycles. The highest BCUT2D eigenvalue weighted by molar-refractivity contribution is 6.15. The summed E-state index contributed by atoms with van der Waals surface area (Å²) in [5.74, 6) is 0.0414. The molecule has 1 N–H and O–H groups in total. The monoisotopic (exact) mass is 407 g/mol. The molecule has 1 aliphatic heterocycles. The first-order valence-corrected chi connectivity index (χ1v) is 9.24. The van der Waals surface area contributed by atoms with Crippen LogP contribution in [0.3, 0.4) is 0 Å². The van der Waals surface area contributed by atoms with Gasteiger partial charge in [-0.1, -0.05) is 12.1 Å². The average Bonchev–Trinajstić information content (AvgIpc) is 2.78. The maximum Gasteiger partial charge on any atom is 0.255 e. The van der Waals surface area contributed by atoms with Crippen LogP contribution >= 0.6 is 0 Å². The van der Waals surface area contributed by atoms with E-state index in [0.29, 0.717) is 36.0 Å². The van der Waals surface area contributed by atoms with E-state index in [0.717, 1.165) is 6.07 Å². The molecule has 152 valence electrons. The van der Waals surface area contributed by atoms with Crippen molar-refractivity contribution in [1.29, 1.82) is 0 Å². The van der Waals surface area contributed by atoms with Crippen LogP contribution in [-0.4, -0.2) is 32.0 Å². The summed E-state index contributed by atoms with van der Waals surface area (Å²) in [5, 5.41) is 2.75. The van der Waals surface area contributed by atoms with Crippen molar-refractivity contribution in [3.05, 3.63) is 83.2 Å². The number of benzene rings is 3. The van der Waals surface area contributed by atoms with Gasteiger partial charge in [0.1, 0.15) is 24.8 Å². The Morgan fingerprint density at radius 3 is 2.30 bits per heavy atom. The second-order valence-corrected chi connectivity index (χ2v) is 6.56. The van der Waals surface area contributed by atoms with E-state index in [-0.39, 0.29) is 16.8 Å². The van der Waals surface area contributed by atoms with Crippen LogP contribution < -0.4 is 19.5 Å². The molecule has 4 rings (SSSR count). The Hall–Kier alpha value is -3.87. The first-order valence-electron chi connectivity index (χ1n) is 9.24. The van der Waals surface area contributed by atoms with E-state index in [4.69, 9.17) is 14.2 Å². The van der Waals surface area contributed by atoms with Gasteiger partial charge in [0, 0.05) is 17.2 Å². The molecule has 0 spiro atoms. The number of methoxy groups -OCH3 is 1. The van der Waals surface area contributed by atoms with Crippen LogP contribution in [0.2, 0.25) is 0 Å². The number of ketones is 1. The quantitative estimate of drug-likeness (QED) is 0.645. The molecule has 0 unspecified atom stereocenters. The summed E-state index contributed by atoms with van der Waals surface area (Å²) in [4.78, 5) is 25.8. The van der Waals surface area contributed by atoms with E-state index < -0.39 is 17.5 Å². The number of rotatable bonds is 5. The number of halogens is 1. The largest absolute Gasteiger partial charge is 0.497 e. The third-order valence-electron chi connectivity index (χ3n) is 4.61. The molecular weight excluding hydrogens is 389 g/mol. The van der Waals surface area contributed by atoms with Gasteiger partial charge in [-0.15, -0.1) is 0 Å². The molecule has 0 saturated heterocycles. The predicted molar refractivity (Wildman–Crippen MR) is 108 cm³/mol. The third-order valence-corrected chi connectivity index (χ3v) is 4.61. The first-order chi connectivity index (χ1) is 14.5. The highest BCUT2D eigenvalue weighted by Crippen LogP contribution is 2.37. The number of fused-ring (bicyclic) bond motifs is 1. The molecule has 30 heavy (non-hydrogen) atoms. The molecule has 0 fully saturated rings. The second kappa shape index (κ2) is 8.24. The van der Waals surface area contributed by atoms with E-state index in [2.05, 4.69) is 5.32 Å². The van der Waals surface area contributed by atoms with Gasteiger partial charge in [-0.05, 0) is 42.5 Å². The van der Waals surface area contributed by atoms with Crippen LogP contribution in [0, 0.1) is 5.82 Å². The van der Waals surface area contributed by atoms with Crippen molar-refractivity contribution < 1.29 is 28.2 Å². The fourth-order valence-corrected chi connectivity index (χ4v) is 3.10. The minimum absolute atomic E-state index is 0.159. The lowest BCUT2D eigenvalue weighted by molar-refractivity contribution is 0.102. The summed E-state index contributed by atoms with van der Waals surface area (Å²) in [6, 6.07) is 15.0. The van der Waals surface area contributed by atoms with E-state index in [9.17, 15) is 14.0 Å². The Morgan fingerprint density at radius 2 is 1.63 bits per heavy atom. The van der Waals surface area contributed by atoms with Crippen molar-refractivity contribution in [2.45, 2.75) is 0 Å². The Balaban J connectivity index is 1.71. The second-order valence-electron chi connectivity index (χ2n) is 6.56. The lowest BCUT2D eigenvalue weighted by Crippen LogP contribution is -2.19. The van der Waals surface area contributed by atoms with Crippen molar-refractivity contribution in [3.63, 3.8) is 0 Å². The van der Waals surface area contributed by atoms with E-state index in [1.165, 1.54) is 31.4 Å². The molecule has 0 atom stereocenters. The summed E-state index contributed by atoms with van der Waals surface area (Å²) in [6.45, 7) is 0.703. The highest BCUT2D eigenvalue weighted by Gasteiger charge is 2.22. The van der Waals surface area contributed by atoms with Gasteiger partial charge < -0.3 is 19.5 Å². The number of ether oxygens (including phenoxy) is 3. The molecule has 0 aromatic heterocycles. The summed E-state index contributed by atoms with van der Waals surface area (Å²) < 4.78 is 29.9. The van der Waals surface area contributed by atoms with Gasteiger partial charge in [0.2, 0.25) is 0 Å². The van der Waals surface area contributed by atoms with E-state index >= 15 is 0 Å². The topological polar surface area (TPSA) is 73.9 Å². The van der Waals surface area contributed by atoms with Crippen molar-refractivity contribution >= 4 is 17.4 Å². The fraction of sp³-hybridized carbons (Fsp3) is 0.130. The molecule has 0 radical (unpaired) electrons. The third kappa shape index (κ3) is 3.96. The summed E-state index contributed by atoms with van der Waals surface area (Å²) in [5.41, 5.74) is 0.961. The van der Waals surface area contributed by atoms with Gasteiger partial charge in [-0.2, -0.15) is 0 Å². The van der Waals surface area contributed by atoms with Crippen LogP contribution in [0.15, 0.2) is 60.7 Å². The van der Waals surface area contributed by atoms with Crippen molar-refractivity contribution in [2.75, 3.05) is 25.6 Å². The SMILES string of the molecule is COc1ccc(C(=O)Nc2cc3c(cc2C(=O)c2cccc(F)c2)OCCO3)cc1. The first kappa shape index (κ1) is 19.4. The number of carbonyl (C=O) groups is 2. The number of nitrogens with one attached hydrogen (secondary N) is 1. The number of carbonyl (C=O) groups excluding carboxylic acids is 2. The lowest BCUT2D eigenvalue weighted by atomic mass is 10.00. The lowest BCUT2D eigenvalue weighted by Gasteiger charge is -2.21. The molecule has 0 saturated carbocycles. The molecule has 1 aliphatic rings. The maximum absolute atomic E-state index is 13.6. The zero-order valence-corrected chi connectivity index (χ0v) is 16.1. The Morgan fingerprint density at radius 1 is 0.933 bits per heavy atom. The minimum Gasteiger partial charge on any atom is -0.497 e. The van der Waals surface area contributed by atoms with Crippen molar-refractivity contribution in [2.24, 2.45) is 0 Å². The Labute approximate surface area is 172 Å². The summed E-state index contributed by atoms with van der Waals surface area (Å²) >= 11 is 0. The maximum atomic E-state index is 13.6.